The second-order valence-electron chi connectivity index (χ2n) is 7.02. The molecule has 2 amide bonds. The van der Waals surface area contributed by atoms with Crippen LogP contribution in [0.15, 0.2) is 77.4 Å². The lowest BCUT2D eigenvalue weighted by Crippen LogP contribution is -2.37. The van der Waals surface area contributed by atoms with Crippen molar-refractivity contribution in [2.45, 2.75) is 19.1 Å². The van der Waals surface area contributed by atoms with Crippen LogP contribution in [-0.2, 0) is 14.4 Å². The van der Waals surface area contributed by atoms with Crippen LogP contribution in [0.3, 0.4) is 0 Å². The molecule has 1 aromatic heterocycles. The van der Waals surface area contributed by atoms with Gasteiger partial charge in [0, 0.05) is 0 Å². The van der Waals surface area contributed by atoms with Crippen LogP contribution in [0.25, 0.3) is 0 Å². The van der Waals surface area contributed by atoms with Gasteiger partial charge in [0.15, 0.2) is 6.10 Å². The van der Waals surface area contributed by atoms with E-state index in [-0.39, 0.29) is 11.8 Å². The number of imide groups is 1. The number of hydroxylamine groups is 1. The van der Waals surface area contributed by atoms with Crippen LogP contribution < -0.4 is 9.96 Å². The second kappa shape index (κ2) is 6.35. The Morgan fingerprint density at radius 2 is 1.64 bits per heavy atom. The van der Waals surface area contributed by atoms with Crippen molar-refractivity contribution >= 4 is 23.2 Å². The van der Waals surface area contributed by atoms with Crippen molar-refractivity contribution in [2.24, 2.45) is 5.92 Å². The minimum absolute atomic E-state index is 0.277. The number of rotatable bonds is 3. The third-order valence-corrected chi connectivity index (χ3v) is 5.22. The molecular weight excluding hydrogens is 356 g/mol. The number of carbonyl (C=O) groups excluding carboxylic acids is 2. The monoisotopic (exact) mass is 374 g/mol. The van der Waals surface area contributed by atoms with Crippen LogP contribution >= 0.6 is 0 Å². The first-order valence-corrected chi connectivity index (χ1v) is 9.14. The molecule has 0 saturated carbocycles. The standard InChI is InChI=1S/C22H18N2O4/c1-14-7-5-10-16(13-14)23-21(25)18-19(17-11-6-12-27-17)24(28-20(18)22(23)26)15-8-3-2-4-9-15/h2-13,18-20H,1H3/t18-,19+,20+/m1/s1. The number of hydrogen-bond donors (Lipinski definition) is 0. The number of benzene rings is 2. The summed E-state index contributed by atoms with van der Waals surface area (Å²) in [5.74, 6) is -0.723. The molecule has 140 valence electrons. The highest BCUT2D eigenvalue weighted by Crippen LogP contribution is 2.47. The summed E-state index contributed by atoms with van der Waals surface area (Å²) < 4.78 is 5.62. The molecule has 6 nitrogen and oxygen atoms in total. The van der Waals surface area contributed by atoms with Gasteiger partial charge in [0.1, 0.15) is 17.7 Å². The van der Waals surface area contributed by atoms with Gasteiger partial charge in [0.05, 0.1) is 17.6 Å². The Morgan fingerprint density at radius 3 is 2.36 bits per heavy atom. The lowest BCUT2D eigenvalue weighted by molar-refractivity contribution is -0.126. The molecule has 3 atom stereocenters. The lowest BCUT2D eigenvalue weighted by Gasteiger charge is -2.27. The van der Waals surface area contributed by atoms with Crippen molar-refractivity contribution in [3.63, 3.8) is 0 Å². The fraction of sp³-hybridized carbons (Fsp3) is 0.182. The van der Waals surface area contributed by atoms with E-state index in [1.165, 1.54) is 4.90 Å². The first kappa shape index (κ1) is 16.8. The number of amides is 2. The maximum absolute atomic E-state index is 13.3. The number of para-hydroxylation sites is 1. The van der Waals surface area contributed by atoms with Gasteiger partial charge in [-0.25, -0.2) is 9.96 Å². The van der Waals surface area contributed by atoms with Gasteiger partial charge in [-0.2, -0.15) is 0 Å². The van der Waals surface area contributed by atoms with Gasteiger partial charge in [-0.15, -0.1) is 0 Å². The summed E-state index contributed by atoms with van der Waals surface area (Å²) in [7, 11) is 0. The molecule has 0 spiro atoms. The van der Waals surface area contributed by atoms with Crippen molar-refractivity contribution in [1.29, 1.82) is 0 Å². The van der Waals surface area contributed by atoms with Crippen LogP contribution in [0, 0.1) is 12.8 Å². The van der Waals surface area contributed by atoms with Gasteiger partial charge < -0.3 is 4.42 Å². The highest BCUT2D eigenvalue weighted by Gasteiger charge is 2.61. The number of nitrogens with zero attached hydrogens (tertiary/aromatic N) is 2. The van der Waals surface area contributed by atoms with E-state index < -0.39 is 18.1 Å². The van der Waals surface area contributed by atoms with Crippen LogP contribution in [0.1, 0.15) is 17.4 Å². The molecule has 2 aromatic carbocycles. The number of hydrogen-bond acceptors (Lipinski definition) is 5. The number of carbonyl (C=O) groups is 2. The van der Waals surface area contributed by atoms with Crippen molar-refractivity contribution < 1.29 is 18.8 Å². The SMILES string of the molecule is Cc1cccc(N2C(=O)[C@H]3[C@H](ON(c4ccccc4)[C@H]3c3ccco3)C2=O)c1. The van der Waals surface area contributed by atoms with E-state index >= 15 is 0 Å². The van der Waals surface area contributed by atoms with Crippen molar-refractivity contribution in [3.05, 3.63) is 84.3 Å². The topological polar surface area (TPSA) is 63.0 Å². The van der Waals surface area contributed by atoms with Crippen molar-refractivity contribution in [3.8, 4) is 0 Å². The Hall–Kier alpha value is -3.38. The van der Waals surface area contributed by atoms with Gasteiger partial charge in [-0.3, -0.25) is 14.4 Å². The van der Waals surface area contributed by atoms with E-state index in [2.05, 4.69) is 0 Å². The largest absolute Gasteiger partial charge is 0.467 e. The summed E-state index contributed by atoms with van der Waals surface area (Å²) in [6.07, 6.45) is 0.675. The first-order valence-electron chi connectivity index (χ1n) is 9.14. The Bertz CT molecular complexity index is 1030. The molecule has 28 heavy (non-hydrogen) atoms. The normalized spacial score (nSPS) is 24.1. The maximum atomic E-state index is 13.3. The van der Waals surface area contributed by atoms with Crippen LogP contribution in [0.5, 0.6) is 0 Å². The fourth-order valence-electron chi connectivity index (χ4n) is 3.98. The van der Waals surface area contributed by atoms with Gasteiger partial charge in [-0.05, 0) is 48.9 Å². The molecule has 5 rings (SSSR count). The van der Waals surface area contributed by atoms with E-state index in [4.69, 9.17) is 9.25 Å². The molecule has 0 radical (unpaired) electrons. The molecule has 2 aliphatic rings. The zero-order valence-corrected chi connectivity index (χ0v) is 15.2. The molecule has 0 bridgehead atoms. The van der Waals surface area contributed by atoms with Gasteiger partial charge in [0.25, 0.3) is 5.91 Å². The summed E-state index contributed by atoms with van der Waals surface area (Å²) in [4.78, 5) is 33.7. The van der Waals surface area contributed by atoms with E-state index in [1.54, 1.807) is 29.5 Å². The molecule has 6 heteroatoms. The second-order valence-corrected chi connectivity index (χ2v) is 7.02. The van der Waals surface area contributed by atoms with Crippen LogP contribution in [0.4, 0.5) is 11.4 Å². The van der Waals surface area contributed by atoms with E-state index in [1.807, 2.05) is 55.5 Å². The zero-order valence-electron chi connectivity index (χ0n) is 15.2. The van der Waals surface area contributed by atoms with Gasteiger partial charge in [0.2, 0.25) is 5.91 Å². The molecule has 0 unspecified atom stereocenters. The molecule has 0 N–H and O–H groups in total. The number of aryl methyl sites for hydroxylation is 1. The van der Waals surface area contributed by atoms with Crippen molar-refractivity contribution in [1.82, 2.24) is 0 Å². The molecule has 3 heterocycles. The molecular formula is C22H18N2O4. The Kier molecular flexibility index (Phi) is 3.80. The molecule has 0 aliphatic carbocycles. The lowest BCUT2D eigenvalue weighted by atomic mass is 9.94. The van der Waals surface area contributed by atoms with E-state index in [9.17, 15) is 9.59 Å². The van der Waals surface area contributed by atoms with Gasteiger partial charge >= 0.3 is 0 Å². The summed E-state index contributed by atoms with van der Waals surface area (Å²) in [5.41, 5.74) is 2.31. The Balaban J connectivity index is 1.57. The van der Waals surface area contributed by atoms with Crippen LogP contribution in [0.2, 0.25) is 0 Å². The highest BCUT2D eigenvalue weighted by molar-refractivity contribution is 6.23. The summed E-state index contributed by atoms with van der Waals surface area (Å²) in [6, 6.07) is 19.8. The summed E-state index contributed by atoms with van der Waals surface area (Å²) in [6.45, 7) is 1.93. The number of furan rings is 1. The smallest absolute Gasteiger partial charge is 0.266 e. The average molecular weight is 374 g/mol. The van der Waals surface area contributed by atoms with E-state index in [0.29, 0.717) is 11.4 Å². The quantitative estimate of drug-likeness (QED) is 0.655. The predicted octanol–water partition coefficient (Wildman–Crippen LogP) is 3.64. The fourth-order valence-corrected chi connectivity index (χ4v) is 3.98. The highest BCUT2D eigenvalue weighted by atomic mass is 16.7. The molecule has 3 aromatic rings. The minimum Gasteiger partial charge on any atom is -0.467 e. The third kappa shape index (κ3) is 2.46. The third-order valence-electron chi connectivity index (χ3n) is 5.22. The summed E-state index contributed by atoms with van der Waals surface area (Å²) in [5, 5.41) is 1.62. The summed E-state index contributed by atoms with van der Waals surface area (Å²) >= 11 is 0. The van der Waals surface area contributed by atoms with Crippen molar-refractivity contribution in [2.75, 3.05) is 9.96 Å². The van der Waals surface area contributed by atoms with Gasteiger partial charge in [-0.1, -0.05) is 30.3 Å². The molecule has 2 aliphatic heterocycles. The number of anilines is 2. The average Bonchev–Trinajstić information content (AvgIpc) is 3.40. The Morgan fingerprint density at radius 1 is 0.857 bits per heavy atom. The number of fused-ring (bicyclic) bond motifs is 1. The Labute approximate surface area is 161 Å². The molecule has 2 saturated heterocycles. The predicted molar refractivity (Wildman–Crippen MR) is 102 cm³/mol. The minimum atomic E-state index is -0.886. The van der Waals surface area contributed by atoms with E-state index in [0.717, 1.165) is 11.3 Å². The maximum Gasteiger partial charge on any atom is 0.266 e. The van der Waals surface area contributed by atoms with Crippen LogP contribution in [-0.4, -0.2) is 17.9 Å². The first-order chi connectivity index (χ1) is 13.6. The zero-order chi connectivity index (χ0) is 19.3. The molecule has 2 fully saturated rings.